The molecule has 7 nitrogen and oxygen atoms in total. The topological polar surface area (TPSA) is 84.9 Å². The van der Waals surface area contributed by atoms with E-state index < -0.39 is 17.6 Å². The number of imide groups is 1. The molecule has 0 aromatic heterocycles. The lowest BCUT2D eigenvalue weighted by Gasteiger charge is -2.15. The van der Waals surface area contributed by atoms with Crippen molar-refractivity contribution in [3.05, 3.63) is 58.1 Å². The van der Waals surface area contributed by atoms with Gasteiger partial charge in [-0.2, -0.15) is 0 Å². The highest BCUT2D eigenvalue weighted by atomic mass is 35.5. The van der Waals surface area contributed by atoms with E-state index in [-0.39, 0.29) is 18.9 Å². The number of hydrogen-bond acceptors (Lipinski definition) is 5. The lowest BCUT2D eigenvalue weighted by molar-refractivity contribution is -0.134. The number of nitrogens with one attached hydrogen (secondary N) is 1. The van der Waals surface area contributed by atoms with Crippen molar-refractivity contribution in [3.63, 3.8) is 0 Å². The lowest BCUT2D eigenvalue weighted by Crippen LogP contribution is -2.35. The van der Waals surface area contributed by atoms with E-state index in [1.165, 1.54) is 19.4 Å². The highest BCUT2D eigenvalue weighted by molar-refractivity contribution is 6.31. The van der Waals surface area contributed by atoms with Crippen LogP contribution in [0.2, 0.25) is 5.02 Å². The number of benzene rings is 2. The number of carbonyl (C=O) groups excluding carboxylic acids is 3. The summed E-state index contributed by atoms with van der Waals surface area (Å²) < 4.78 is 10.9. The first-order valence-electron chi connectivity index (χ1n) is 10.4. The molecule has 0 unspecified atom stereocenters. The predicted octanol–water partition coefficient (Wildman–Crippen LogP) is 5.01. The van der Waals surface area contributed by atoms with Crippen LogP contribution in [0.3, 0.4) is 0 Å². The number of ether oxygens (including phenoxy) is 2. The quantitative estimate of drug-likeness (QED) is 0.562. The molecule has 1 aliphatic rings. The molecule has 0 bridgehead atoms. The van der Waals surface area contributed by atoms with Crippen molar-refractivity contribution >= 4 is 35.2 Å². The molecule has 1 heterocycles. The first kappa shape index (κ1) is 23.6. The zero-order chi connectivity index (χ0) is 23.5. The third kappa shape index (κ3) is 5.59. The van der Waals surface area contributed by atoms with Gasteiger partial charge in [0.25, 0.3) is 5.91 Å². The summed E-state index contributed by atoms with van der Waals surface area (Å²) >= 11 is 6.24. The van der Waals surface area contributed by atoms with Gasteiger partial charge in [-0.25, -0.2) is 9.69 Å². The number of rotatable bonds is 8. The van der Waals surface area contributed by atoms with Crippen molar-refractivity contribution in [2.75, 3.05) is 11.9 Å². The zero-order valence-electron chi connectivity index (χ0n) is 18.7. The van der Waals surface area contributed by atoms with Crippen LogP contribution in [-0.2, 0) is 20.9 Å². The van der Waals surface area contributed by atoms with E-state index in [0.29, 0.717) is 29.3 Å². The predicted molar refractivity (Wildman–Crippen MR) is 122 cm³/mol. The van der Waals surface area contributed by atoms with Gasteiger partial charge < -0.3 is 14.8 Å². The molecule has 0 radical (unpaired) electrons. The molecular weight excluding hydrogens is 432 g/mol. The first-order chi connectivity index (χ1) is 15.1. The molecule has 32 heavy (non-hydrogen) atoms. The van der Waals surface area contributed by atoms with E-state index in [9.17, 15) is 14.4 Å². The fourth-order valence-corrected chi connectivity index (χ4v) is 3.58. The Hall–Kier alpha value is -3.06. The second-order valence-electron chi connectivity index (χ2n) is 8.34. The summed E-state index contributed by atoms with van der Waals surface area (Å²) in [5.41, 5.74) is 2.10. The molecule has 3 amide bonds. The smallest absolute Gasteiger partial charge is 0.418 e. The minimum atomic E-state index is -1.20. The molecule has 0 spiro atoms. The first-order valence-corrected chi connectivity index (χ1v) is 10.8. The van der Waals surface area contributed by atoms with Crippen LogP contribution in [0.4, 0.5) is 10.5 Å². The number of halogens is 1. The van der Waals surface area contributed by atoms with E-state index in [0.717, 1.165) is 16.2 Å². The summed E-state index contributed by atoms with van der Waals surface area (Å²) in [5, 5.41) is 3.20. The summed E-state index contributed by atoms with van der Waals surface area (Å²) in [6.07, 6.45) is 0.130. The highest BCUT2D eigenvalue weighted by Crippen LogP contribution is 2.28. The van der Waals surface area contributed by atoms with Crippen LogP contribution in [0.5, 0.6) is 5.75 Å². The monoisotopic (exact) mass is 458 g/mol. The summed E-state index contributed by atoms with van der Waals surface area (Å²) in [7, 11) is 0. The van der Waals surface area contributed by atoms with Crippen molar-refractivity contribution in [1.82, 2.24) is 4.90 Å². The standard InChI is InChI=1S/C24H27ClN2O5/c1-15-7-10-20(16(2)12-15)31-11-5-6-21(28)26-18-8-9-19(25)17(13-18)14-27-22(29)24(3,4)32-23(27)30/h7-10,12-13H,5-6,11,14H2,1-4H3,(H,26,28). The number of nitrogens with zero attached hydrogens (tertiary/aromatic N) is 1. The van der Waals surface area contributed by atoms with Gasteiger partial charge in [-0.05, 0) is 69.5 Å². The van der Waals surface area contributed by atoms with Gasteiger partial charge in [0.2, 0.25) is 5.91 Å². The Kier molecular flexibility index (Phi) is 7.09. The molecule has 0 saturated carbocycles. The van der Waals surface area contributed by atoms with E-state index in [4.69, 9.17) is 21.1 Å². The van der Waals surface area contributed by atoms with E-state index in [1.807, 2.05) is 26.0 Å². The fraction of sp³-hybridized carbons (Fsp3) is 0.375. The Bertz CT molecular complexity index is 1050. The second kappa shape index (κ2) is 9.61. The summed E-state index contributed by atoms with van der Waals surface area (Å²) in [6.45, 7) is 7.48. The van der Waals surface area contributed by atoms with Gasteiger partial charge in [0.05, 0.1) is 13.2 Å². The van der Waals surface area contributed by atoms with Crippen LogP contribution in [0.1, 0.15) is 43.4 Å². The van der Waals surface area contributed by atoms with Crippen LogP contribution >= 0.6 is 11.6 Å². The molecule has 170 valence electrons. The van der Waals surface area contributed by atoms with E-state index in [2.05, 4.69) is 11.4 Å². The van der Waals surface area contributed by atoms with Crippen molar-refractivity contribution < 1.29 is 23.9 Å². The number of cyclic esters (lactones) is 1. The highest BCUT2D eigenvalue weighted by Gasteiger charge is 2.47. The average Bonchev–Trinajstić information content (AvgIpc) is 2.90. The third-order valence-corrected chi connectivity index (χ3v) is 5.49. The average molecular weight is 459 g/mol. The SMILES string of the molecule is Cc1ccc(OCCCC(=O)Nc2ccc(Cl)c(CN3C(=O)OC(C)(C)C3=O)c2)c(C)c1. The number of anilines is 1. The van der Waals surface area contributed by atoms with Crippen molar-refractivity contribution in [1.29, 1.82) is 0 Å². The normalized spacial score (nSPS) is 15.0. The fourth-order valence-electron chi connectivity index (χ4n) is 3.40. The lowest BCUT2D eigenvalue weighted by atomic mass is 10.1. The largest absolute Gasteiger partial charge is 0.493 e. The maximum atomic E-state index is 12.4. The number of aryl methyl sites for hydroxylation is 2. The molecule has 1 N–H and O–H groups in total. The minimum absolute atomic E-state index is 0.0343. The van der Waals surface area contributed by atoms with Crippen molar-refractivity contribution in [3.8, 4) is 5.75 Å². The van der Waals surface area contributed by atoms with Crippen molar-refractivity contribution in [2.45, 2.75) is 52.7 Å². The van der Waals surface area contributed by atoms with Crippen LogP contribution in [-0.4, -0.2) is 35.0 Å². The Morgan fingerprint density at radius 3 is 2.56 bits per heavy atom. The summed E-state index contributed by atoms with van der Waals surface area (Å²) in [6, 6.07) is 10.9. The molecular formula is C24H27ClN2O5. The van der Waals surface area contributed by atoms with Gasteiger partial charge >= 0.3 is 6.09 Å². The summed E-state index contributed by atoms with van der Waals surface area (Å²) in [4.78, 5) is 37.7. The van der Waals surface area contributed by atoms with Crippen LogP contribution in [0, 0.1) is 13.8 Å². The Labute approximate surface area is 192 Å². The van der Waals surface area contributed by atoms with Gasteiger partial charge in [-0.1, -0.05) is 29.3 Å². The molecule has 1 saturated heterocycles. The number of amides is 3. The molecule has 0 aliphatic carbocycles. The van der Waals surface area contributed by atoms with Crippen LogP contribution < -0.4 is 10.1 Å². The minimum Gasteiger partial charge on any atom is -0.493 e. The number of hydrogen-bond donors (Lipinski definition) is 1. The van der Waals surface area contributed by atoms with Gasteiger partial charge in [-0.3, -0.25) is 9.59 Å². The van der Waals surface area contributed by atoms with Crippen molar-refractivity contribution in [2.24, 2.45) is 0 Å². The van der Waals surface area contributed by atoms with Gasteiger partial charge in [0.1, 0.15) is 5.75 Å². The molecule has 1 fully saturated rings. The van der Waals surface area contributed by atoms with Crippen LogP contribution in [0.25, 0.3) is 0 Å². The van der Waals surface area contributed by atoms with E-state index >= 15 is 0 Å². The Morgan fingerprint density at radius 1 is 1.16 bits per heavy atom. The molecule has 2 aromatic carbocycles. The Balaban J connectivity index is 1.53. The number of carbonyl (C=O) groups is 3. The molecule has 0 atom stereocenters. The second-order valence-corrected chi connectivity index (χ2v) is 8.75. The van der Waals surface area contributed by atoms with E-state index in [1.54, 1.807) is 18.2 Å². The molecule has 8 heteroatoms. The maximum Gasteiger partial charge on any atom is 0.418 e. The Morgan fingerprint density at radius 2 is 1.91 bits per heavy atom. The van der Waals surface area contributed by atoms with Gasteiger partial charge in [0, 0.05) is 17.1 Å². The summed E-state index contributed by atoms with van der Waals surface area (Å²) in [5.74, 6) is 0.216. The maximum absolute atomic E-state index is 12.4. The third-order valence-electron chi connectivity index (χ3n) is 5.12. The molecule has 1 aliphatic heterocycles. The molecule has 2 aromatic rings. The zero-order valence-corrected chi connectivity index (χ0v) is 19.4. The van der Waals surface area contributed by atoms with Crippen LogP contribution in [0.15, 0.2) is 36.4 Å². The molecule has 3 rings (SSSR count). The van der Waals surface area contributed by atoms with Gasteiger partial charge in [0.15, 0.2) is 5.60 Å². The van der Waals surface area contributed by atoms with Gasteiger partial charge in [-0.15, -0.1) is 0 Å².